The molecule has 1 aliphatic rings. The van der Waals surface area contributed by atoms with Crippen molar-refractivity contribution >= 4 is 17.8 Å². The molecule has 3 rings (SSSR count). The zero-order valence-corrected chi connectivity index (χ0v) is 24.4. The monoisotopic (exact) mass is 565 g/mol. The molecule has 222 valence electrons. The molecule has 41 heavy (non-hydrogen) atoms. The number of nitrogens with one attached hydrogen (secondary N) is 1. The van der Waals surface area contributed by atoms with Crippen LogP contribution in [0.5, 0.6) is 0 Å². The maximum Gasteiger partial charge on any atom is 0.404 e. The topological polar surface area (TPSA) is 117 Å². The maximum absolute atomic E-state index is 13.3. The lowest BCUT2D eigenvalue weighted by Gasteiger charge is -2.14. The number of amides is 2. The van der Waals surface area contributed by atoms with E-state index in [0.29, 0.717) is 69.8 Å². The van der Waals surface area contributed by atoms with Gasteiger partial charge in [0.25, 0.3) is 0 Å². The summed E-state index contributed by atoms with van der Waals surface area (Å²) < 4.78 is 23.4. The molecule has 0 heterocycles. The van der Waals surface area contributed by atoms with Crippen molar-refractivity contribution in [2.24, 2.45) is 5.73 Å². The highest BCUT2D eigenvalue weighted by Crippen LogP contribution is 2.47. The predicted octanol–water partition coefficient (Wildman–Crippen LogP) is 6.05. The zero-order valence-electron chi connectivity index (χ0n) is 25.4. The molecule has 1 atom stereocenters. The smallest absolute Gasteiger partial charge is 0.404 e. The van der Waals surface area contributed by atoms with Crippen LogP contribution in [0.3, 0.4) is 0 Å². The van der Waals surface area contributed by atoms with Gasteiger partial charge in [-0.3, -0.25) is 9.59 Å². The Morgan fingerprint density at radius 3 is 2.63 bits per heavy atom. The normalized spacial score (nSPS) is 13.5. The lowest BCUT2D eigenvalue weighted by atomic mass is 9.93. The summed E-state index contributed by atoms with van der Waals surface area (Å²) >= 11 is 0. The predicted molar refractivity (Wildman–Crippen MR) is 160 cm³/mol. The molecule has 0 saturated heterocycles. The first-order valence-electron chi connectivity index (χ1n) is 15.2. The lowest BCUT2D eigenvalue weighted by Crippen LogP contribution is -2.27. The largest absolute Gasteiger partial charge is 0.499 e. The van der Waals surface area contributed by atoms with E-state index in [-0.39, 0.29) is 24.2 Å². The summed E-state index contributed by atoms with van der Waals surface area (Å²) in [5.41, 5.74) is 7.15. The summed E-state index contributed by atoms with van der Waals surface area (Å²) in [6.07, 6.45) is 4.75. The minimum atomic E-state index is -0.830. The van der Waals surface area contributed by atoms with Crippen molar-refractivity contribution in [1.82, 2.24) is 5.32 Å². The number of fused-ring (bicyclic) bond motifs is 3. The van der Waals surface area contributed by atoms with Gasteiger partial charge in [0.05, 0.1) is 19.0 Å². The fourth-order valence-corrected chi connectivity index (χ4v) is 5.02. The Labute approximate surface area is 245 Å². The van der Waals surface area contributed by atoms with Crippen molar-refractivity contribution < 1.29 is 30.0 Å². The van der Waals surface area contributed by atoms with Crippen LogP contribution in [0.2, 0.25) is 1.41 Å². The van der Waals surface area contributed by atoms with Crippen molar-refractivity contribution in [3.8, 4) is 11.1 Å². The molecule has 2 aromatic carbocycles. The first-order valence-corrected chi connectivity index (χ1v) is 14.7. The molecule has 0 fully saturated rings. The maximum atomic E-state index is 13.3. The summed E-state index contributed by atoms with van der Waals surface area (Å²) in [4.78, 5) is 37.3. The van der Waals surface area contributed by atoms with Crippen LogP contribution in [0.4, 0.5) is 4.79 Å². The molecule has 0 aromatic heterocycles. The minimum Gasteiger partial charge on any atom is -0.499 e. The van der Waals surface area contributed by atoms with E-state index in [2.05, 4.69) is 24.9 Å². The molecule has 0 bridgehead atoms. The third-order valence-corrected chi connectivity index (χ3v) is 7.24. The van der Waals surface area contributed by atoms with Gasteiger partial charge in [0.2, 0.25) is 5.91 Å². The van der Waals surface area contributed by atoms with E-state index in [1.807, 2.05) is 37.3 Å². The van der Waals surface area contributed by atoms with Gasteiger partial charge < -0.3 is 25.3 Å². The van der Waals surface area contributed by atoms with Crippen molar-refractivity contribution in [3.05, 3.63) is 71.0 Å². The lowest BCUT2D eigenvalue weighted by molar-refractivity contribution is -0.121. The number of ketones is 1. The number of benzene rings is 2. The minimum absolute atomic E-state index is 0.00269. The summed E-state index contributed by atoms with van der Waals surface area (Å²) in [5.74, 6) is 0.468. The second-order valence-corrected chi connectivity index (χ2v) is 10.3. The number of nitrogens with two attached hydrogens (primary N) is 1. The Bertz CT molecular complexity index is 1230. The van der Waals surface area contributed by atoms with E-state index in [9.17, 15) is 14.4 Å². The molecule has 1 aliphatic carbocycles. The highest BCUT2D eigenvalue weighted by Gasteiger charge is 2.32. The SMILES string of the molecule is [2H]NC(=O)OCC1c2cc(CCCC(=O)NCCOCCCC)ccc2-c2c(C(=O)CCCOC(=C)CC)cccc21. The summed E-state index contributed by atoms with van der Waals surface area (Å²) in [7, 11) is 0. The Hall–Kier alpha value is -3.65. The molecule has 1 unspecified atom stereocenters. The zero-order chi connectivity index (χ0) is 30.3. The van der Waals surface area contributed by atoms with Crippen LogP contribution in [0.1, 0.15) is 91.8 Å². The Balaban J connectivity index is 1.69. The number of Topliss-reactive ketones (excluding diaryl/α,β-unsaturated/α-hetero) is 1. The van der Waals surface area contributed by atoms with E-state index in [0.717, 1.165) is 47.1 Å². The van der Waals surface area contributed by atoms with Crippen molar-refractivity contribution in [2.75, 3.05) is 33.0 Å². The standard InChI is InChI=1S/C33H44N2O6/c1-4-6-18-39-20-17-35-31(37)14-7-10-24-15-16-26-28(21-24)29(22-41-33(34)38)25-11-8-12-27(32(25)26)30(36)13-9-19-40-23(3)5-2/h8,11-12,15-16,21,29H,3-7,9-10,13-14,17-20,22H2,1-2H3,(H2,34,38)(H,35,37)/i/hD. The number of ether oxygens (including phenoxy) is 3. The van der Waals surface area contributed by atoms with Gasteiger partial charge in [-0.05, 0) is 53.5 Å². The molecule has 8 nitrogen and oxygen atoms in total. The van der Waals surface area contributed by atoms with Gasteiger partial charge in [-0.25, -0.2) is 4.79 Å². The van der Waals surface area contributed by atoms with Crippen molar-refractivity contribution in [1.29, 1.82) is 0 Å². The fourth-order valence-electron chi connectivity index (χ4n) is 5.02. The van der Waals surface area contributed by atoms with Gasteiger partial charge in [-0.1, -0.05) is 63.2 Å². The van der Waals surface area contributed by atoms with Crippen LogP contribution in [-0.2, 0) is 25.4 Å². The molecule has 8 heteroatoms. The summed E-state index contributed by atoms with van der Waals surface area (Å²) in [5, 5.41) is 2.90. The second kappa shape index (κ2) is 16.6. The van der Waals surface area contributed by atoms with Crippen LogP contribution in [-0.4, -0.2) is 50.8 Å². The van der Waals surface area contributed by atoms with Crippen LogP contribution < -0.4 is 11.0 Å². The molecule has 0 aliphatic heterocycles. The Morgan fingerprint density at radius 2 is 1.85 bits per heavy atom. The fraction of sp³-hybridized carbons (Fsp3) is 0.485. The highest BCUT2D eigenvalue weighted by molar-refractivity contribution is 6.04. The van der Waals surface area contributed by atoms with E-state index >= 15 is 0 Å². The second-order valence-electron chi connectivity index (χ2n) is 10.3. The molecular weight excluding hydrogens is 520 g/mol. The number of allylic oxidation sites excluding steroid dienone is 1. The van der Waals surface area contributed by atoms with E-state index in [4.69, 9.17) is 15.6 Å². The number of hydrogen-bond acceptors (Lipinski definition) is 6. The third-order valence-electron chi connectivity index (χ3n) is 7.24. The van der Waals surface area contributed by atoms with Crippen LogP contribution in [0, 0.1) is 0 Å². The third kappa shape index (κ3) is 9.46. The summed E-state index contributed by atoms with van der Waals surface area (Å²) in [6, 6.07) is 11.8. The molecule has 2 amide bonds. The Morgan fingerprint density at radius 1 is 1.00 bits per heavy atom. The number of carbonyl (C=O) groups is 3. The number of hydrogen-bond donors (Lipinski definition) is 2. The number of primary amides is 1. The number of unbranched alkanes of at least 4 members (excludes halogenated alkanes) is 1. The quantitative estimate of drug-likeness (QED) is 0.122. The summed E-state index contributed by atoms with van der Waals surface area (Å²) in [6.45, 7) is 10.2. The van der Waals surface area contributed by atoms with E-state index in [1.165, 1.54) is 0 Å². The van der Waals surface area contributed by atoms with Gasteiger partial charge in [-0.15, -0.1) is 0 Å². The molecule has 0 spiro atoms. The van der Waals surface area contributed by atoms with Crippen LogP contribution in [0.25, 0.3) is 11.1 Å². The average molecular weight is 566 g/mol. The van der Waals surface area contributed by atoms with Crippen LogP contribution >= 0.6 is 0 Å². The molecular formula is C33H44N2O6. The van der Waals surface area contributed by atoms with Gasteiger partial charge in [0.1, 0.15) is 6.61 Å². The van der Waals surface area contributed by atoms with Gasteiger partial charge in [-0.2, -0.15) is 0 Å². The van der Waals surface area contributed by atoms with Gasteiger partial charge >= 0.3 is 6.09 Å². The Kier molecular flexibility index (Phi) is 12.3. The van der Waals surface area contributed by atoms with Crippen molar-refractivity contribution in [3.63, 3.8) is 0 Å². The first kappa shape index (κ1) is 30.3. The first-order chi connectivity index (χ1) is 20.4. The number of rotatable bonds is 19. The highest BCUT2D eigenvalue weighted by atomic mass is 16.5. The average Bonchev–Trinajstić information content (AvgIpc) is 3.32. The number of aryl methyl sites for hydroxylation is 1. The molecule has 0 saturated carbocycles. The van der Waals surface area contributed by atoms with Crippen molar-refractivity contribution in [2.45, 2.75) is 71.1 Å². The molecule has 0 radical (unpaired) electrons. The van der Waals surface area contributed by atoms with Gasteiger partial charge in [0.15, 0.2) is 7.20 Å². The molecule has 3 N–H and O–H groups in total. The van der Waals surface area contributed by atoms with Crippen LogP contribution in [0.15, 0.2) is 48.7 Å². The van der Waals surface area contributed by atoms with E-state index in [1.54, 1.807) is 5.73 Å². The van der Waals surface area contributed by atoms with Gasteiger partial charge in [0, 0.05) is 43.9 Å². The number of carbonyl (C=O) groups excluding carboxylic acids is 3. The molecule has 2 aromatic rings. The van der Waals surface area contributed by atoms with E-state index < -0.39 is 6.09 Å².